The predicted molar refractivity (Wildman–Crippen MR) is 92.4 cm³/mol. The highest BCUT2D eigenvalue weighted by atomic mass is 16.2. The third-order valence-corrected chi connectivity index (χ3v) is 4.41. The Hall–Kier alpha value is -2.70. The van der Waals surface area contributed by atoms with Crippen molar-refractivity contribution in [1.82, 2.24) is 25.0 Å². The molecule has 7 nitrogen and oxygen atoms in total. The minimum Gasteiger partial charge on any atom is -0.356 e. The number of nitrogens with zero attached hydrogens (tertiary/aromatic N) is 4. The first-order valence-corrected chi connectivity index (χ1v) is 8.55. The van der Waals surface area contributed by atoms with E-state index in [0.29, 0.717) is 32.6 Å². The van der Waals surface area contributed by atoms with Crippen molar-refractivity contribution in [3.63, 3.8) is 0 Å². The molecule has 2 amide bonds. The number of carbonyl (C=O) groups is 2. The number of rotatable bonds is 7. The molecule has 132 valence electrons. The van der Waals surface area contributed by atoms with E-state index < -0.39 is 0 Å². The second-order valence-corrected chi connectivity index (χ2v) is 6.46. The van der Waals surface area contributed by atoms with Crippen LogP contribution in [-0.4, -0.2) is 44.6 Å². The highest BCUT2D eigenvalue weighted by Crippen LogP contribution is 2.20. The normalized spacial score (nSPS) is 17.1. The molecule has 3 rings (SSSR count). The van der Waals surface area contributed by atoms with Crippen molar-refractivity contribution >= 4 is 11.8 Å². The summed E-state index contributed by atoms with van der Waals surface area (Å²) in [6, 6.07) is 8.13. The van der Waals surface area contributed by atoms with Gasteiger partial charge in [-0.15, -0.1) is 0 Å². The maximum Gasteiger partial charge on any atom is 0.225 e. The van der Waals surface area contributed by atoms with Gasteiger partial charge in [-0.25, -0.2) is 4.98 Å². The van der Waals surface area contributed by atoms with Crippen molar-refractivity contribution in [3.05, 3.63) is 48.0 Å². The van der Waals surface area contributed by atoms with E-state index in [1.54, 1.807) is 15.9 Å². The number of nitrogens with one attached hydrogen (secondary N) is 1. The Morgan fingerprint density at radius 1 is 1.32 bits per heavy atom. The van der Waals surface area contributed by atoms with E-state index in [1.165, 1.54) is 11.9 Å². The third kappa shape index (κ3) is 4.65. The van der Waals surface area contributed by atoms with Gasteiger partial charge in [-0.05, 0) is 18.9 Å². The fourth-order valence-electron chi connectivity index (χ4n) is 2.96. The van der Waals surface area contributed by atoms with Crippen LogP contribution < -0.4 is 5.32 Å². The van der Waals surface area contributed by atoms with Gasteiger partial charge in [0.05, 0.1) is 5.92 Å². The van der Waals surface area contributed by atoms with Crippen molar-refractivity contribution in [2.75, 3.05) is 13.1 Å². The van der Waals surface area contributed by atoms with E-state index in [1.807, 2.05) is 31.2 Å². The van der Waals surface area contributed by atoms with Crippen LogP contribution in [0.15, 0.2) is 36.9 Å². The van der Waals surface area contributed by atoms with Crippen LogP contribution in [0, 0.1) is 12.8 Å². The van der Waals surface area contributed by atoms with Gasteiger partial charge in [0.15, 0.2) is 0 Å². The first-order valence-electron chi connectivity index (χ1n) is 8.55. The summed E-state index contributed by atoms with van der Waals surface area (Å²) < 4.78 is 1.73. The maximum atomic E-state index is 12.3. The molecule has 0 saturated carbocycles. The van der Waals surface area contributed by atoms with E-state index in [2.05, 4.69) is 15.4 Å². The van der Waals surface area contributed by atoms with Gasteiger partial charge in [-0.2, -0.15) is 5.10 Å². The molecular formula is C18H23N5O2. The van der Waals surface area contributed by atoms with E-state index in [9.17, 15) is 9.59 Å². The van der Waals surface area contributed by atoms with E-state index in [-0.39, 0.29) is 17.7 Å². The molecule has 0 aliphatic carbocycles. The van der Waals surface area contributed by atoms with Gasteiger partial charge in [0.2, 0.25) is 11.8 Å². The predicted octanol–water partition coefficient (Wildman–Crippen LogP) is 1.14. The number of aromatic nitrogens is 3. The van der Waals surface area contributed by atoms with Crippen LogP contribution in [0.5, 0.6) is 0 Å². The van der Waals surface area contributed by atoms with Gasteiger partial charge in [-0.3, -0.25) is 14.3 Å². The lowest BCUT2D eigenvalue weighted by atomic mass is 10.1. The number of carbonyl (C=O) groups excluding carboxylic acids is 2. The van der Waals surface area contributed by atoms with E-state index >= 15 is 0 Å². The molecule has 0 spiro atoms. The van der Waals surface area contributed by atoms with Gasteiger partial charge in [-0.1, -0.05) is 29.8 Å². The highest BCUT2D eigenvalue weighted by Gasteiger charge is 2.33. The van der Waals surface area contributed by atoms with Crippen molar-refractivity contribution in [2.24, 2.45) is 5.92 Å². The number of aryl methyl sites for hydroxylation is 2. The van der Waals surface area contributed by atoms with Gasteiger partial charge in [0, 0.05) is 32.6 Å². The number of hydrogen-bond acceptors (Lipinski definition) is 4. The van der Waals surface area contributed by atoms with Crippen LogP contribution >= 0.6 is 0 Å². The lowest BCUT2D eigenvalue weighted by Crippen LogP contribution is -2.33. The van der Waals surface area contributed by atoms with Gasteiger partial charge < -0.3 is 10.2 Å². The zero-order valence-electron chi connectivity index (χ0n) is 14.4. The minimum absolute atomic E-state index is 0.0432. The van der Waals surface area contributed by atoms with Crippen LogP contribution in [0.4, 0.5) is 0 Å². The number of likely N-dealkylation sites (tertiary alicyclic amines) is 1. The van der Waals surface area contributed by atoms with E-state index in [0.717, 1.165) is 12.0 Å². The molecule has 0 unspecified atom stereocenters. The standard InChI is InChI=1S/C18H23N5O2/c1-14-3-5-15(6-4-14)10-22-11-16(9-17(22)24)18(25)20-7-2-8-23-13-19-12-21-23/h3-6,12-13,16H,2,7-11H2,1H3,(H,20,25)/t16-/m1/s1. The largest absolute Gasteiger partial charge is 0.356 e. The summed E-state index contributed by atoms with van der Waals surface area (Å²) in [7, 11) is 0. The quantitative estimate of drug-likeness (QED) is 0.766. The second kappa shape index (κ2) is 7.92. The summed E-state index contributed by atoms with van der Waals surface area (Å²) in [4.78, 5) is 30.1. The minimum atomic E-state index is -0.260. The van der Waals surface area contributed by atoms with Crippen molar-refractivity contribution in [3.8, 4) is 0 Å². The molecule has 0 bridgehead atoms. The molecule has 1 aliphatic rings. The molecule has 25 heavy (non-hydrogen) atoms. The lowest BCUT2D eigenvalue weighted by Gasteiger charge is -2.17. The van der Waals surface area contributed by atoms with Gasteiger partial charge in [0.1, 0.15) is 12.7 Å². The summed E-state index contributed by atoms with van der Waals surface area (Å²) in [6.45, 7) is 4.37. The van der Waals surface area contributed by atoms with Crippen molar-refractivity contribution in [1.29, 1.82) is 0 Å². The molecule has 1 fully saturated rings. The average molecular weight is 341 g/mol. The van der Waals surface area contributed by atoms with Crippen LogP contribution in [0.1, 0.15) is 24.0 Å². The Balaban J connectivity index is 1.43. The summed E-state index contributed by atoms with van der Waals surface area (Å²) in [5, 5.41) is 6.94. The van der Waals surface area contributed by atoms with Crippen molar-refractivity contribution < 1.29 is 9.59 Å². The number of amides is 2. The second-order valence-electron chi connectivity index (χ2n) is 6.46. The smallest absolute Gasteiger partial charge is 0.225 e. The first kappa shape index (κ1) is 17.1. The molecule has 1 aliphatic heterocycles. The highest BCUT2D eigenvalue weighted by molar-refractivity contribution is 5.89. The van der Waals surface area contributed by atoms with E-state index in [4.69, 9.17) is 0 Å². The molecule has 0 radical (unpaired) electrons. The lowest BCUT2D eigenvalue weighted by molar-refractivity contribution is -0.129. The number of benzene rings is 1. The maximum absolute atomic E-state index is 12.3. The Labute approximate surface area is 147 Å². The Morgan fingerprint density at radius 3 is 2.84 bits per heavy atom. The van der Waals surface area contributed by atoms with Crippen LogP contribution in [0.25, 0.3) is 0 Å². The fourth-order valence-corrected chi connectivity index (χ4v) is 2.96. The summed E-state index contributed by atoms with van der Waals surface area (Å²) in [5.74, 6) is -0.258. The fraction of sp³-hybridized carbons (Fsp3) is 0.444. The SMILES string of the molecule is Cc1ccc(CN2C[C@H](C(=O)NCCCn3cncn3)CC2=O)cc1. The summed E-state index contributed by atoms with van der Waals surface area (Å²) >= 11 is 0. The third-order valence-electron chi connectivity index (χ3n) is 4.41. The first-order chi connectivity index (χ1) is 12.1. The molecule has 1 atom stereocenters. The molecule has 1 saturated heterocycles. The Kier molecular flexibility index (Phi) is 5.42. The molecule has 1 aromatic carbocycles. The molecule has 7 heteroatoms. The van der Waals surface area contributed by atoms with Crippen LogP contribution in [-0.2, 0) is 22.7 Å². The van der Waals surface area contributed by atoms with Crippen molar-refractivity contribution in [2.45, 2.75) is 32.9 Å². The zero-order chi connectivity index (χ0) is 17.6. The Bertz CT molecular complexity index is 712. The van der Waals surface area contributed by atoms with Gasteiger partial charge in [0.25, 0.3) is 0 Å². The monoisotopic (exact) mass is 341 g/mol. The summed E-state index contributed by atoms with van der Waals surface area (Å²) in [6.07, 6.45) is 4.22. The number of hydrogen-bond donors (Lipinski definition) is 1. The molecule has 2 heterocycles. The molecular weight excluding hydrogens is 318 g/mol. The van der Waals surface area contributed by atoms with Crippen LogP contribution in [0.2, 0.25) is 0 Å². The zero-order valence-corrected chi connectivity index (χ0v) is 14.4. The molecule has 1 N–H and O–H groups in total. The molecule has 1 aromatic heterocycles. The van der Waals surface area contributed by atoms with Crippen LogP contribution in [0.3, 0.4) is 0 Å². The molecule has 2 aromatic rings. The summed E-state index contributed by atoms with van der Waals surface area (Å²) in [5.41, 5.74) is 2.28. The average Bonchev–Trinajstić information content (AvgIpc) is 3.24. The Morgan fingerprint density at radius 2 is 2.12 bits per heavy atom. The topological polar surface area (TPSA) is 80.1 Å². The van der Waals surface area contributed by atoms with Gasteiger partial charge >= 0.3 is 0 Å².